The number of nitrogens with one attached hydrogen (secondary N) is 2. The van der Waals surface area contributed by atoms with Crippen LogP contribution in [0.2, 0.25) is 0 Å². The monoisotopic (exact) mass is 391 g/mol. The summed E-state index contributed by atoms with van der Waals surface area (Å²) in [7, 11) is 0. The molecule has 2 aliphatic rings. The van der Waals surface area contributed by atoms with Crippen molar-refractivity contribution in [2.75, 3.05) is 5.32 Å². The summed E-state index contributed by atoms with van der Waals surface area (Å²) in [6.45, 7) is 4.60. The van der Waals surface area contributed by atoms with Crippen molar-refractivity contribution in [2.24, 2.45) is 5.41 Å². The van der Waals surface area contributed by atoms with Gasteiger partial charge in [0.25, 0.3) is 5.91 Å². The molecule has 152 valence electrons. The van der Waals surface area contributed by atoms with Gasteiger partial charge >= 0.3 is 0 Å². The van der Waals surface area contributed by atoms with Crippen LogP contribution in [-0.2, 0) is 4.79 Å². The summed E-state index contributed by atoms with van der Waals surface area (Å²) in [5.41, 5.74) is 4.83. The van der Waals surface area contributed by atoms with E-state index in [1.165, 1.54) is 11.1 Å². The zero-order valence-corrected chi connectivity index (χ0v) is 17.3. The lowest BCUT2D eigenvalue weighted by atomic mass is 9.76. The van der Waals surface area contributed by atoms with Crippen LogP contribution in [0, 0.1) is 5.41 Å². The molecule has 4 rings (SSSR count). The molecule has 0 atom stereocenters. The maximum absolute atomic E-state index is 12.6. The number of anilines is 1. The second-order valence-electron chi connectivity index (χ2n) is 9.11. The SMILES string of the molecule is CC1(C)CC=C(c2cc(C3CCC(=O)CC3)ccc2NC(=O)c2ncc[nH]2)CC1. The van der Waals surface area contributed by atoms with Gasteiger partial charge in [0.15, 0.2) is 5.82 Å². The van der Waals surface area contributed by atoms with Crippen molar-refractivity contribution in [1.29, 1.82) is 0 Å². The number of hydrogen-bond acceptors (Lipinski definition) is 3. The summed E-state index contributed by atoms with van der Waals surface area (Å²) in [5, 5.41) is 3.04. The van der Waals surface area contributed by atoms with Crippen LogP contribution in [0.4, 0.5) is 5.69 Å². The van der Waals surface area contributed by atoms with Crippen molar-refractivity contribution >= 4 is 23.0 Å². The van der Waals surface area contributed by atoms with E-state index in [9.17, 15) is 9.59 Å². The van der Waals surface area contributed by atoms with Crippen molar-refractivity contribution in [2.45, 2.75) is 64.7 Å². The summed E-state index contributed by atoms with van der Waals surface area (Å²) in [4.78, 5) is 31.1. The lowest BCUT2D eigenvalue weighted by Gasteiger charge is -2.30. The molecular weight excluding hydrogens is 362 g/mol. The Balaban J connectivity index is 1.65. The number of carbonyl (C=O) groups is 2. The first kappa shape index (κ1) is 19.6. The van der Waals surface area contributed by atoms with Crippen LogP contribution in [-0.4, -0.2) is 21.7 Å². The minimum absolute atomic E-state index is 0.232. The molecule has 5 heteroatoms. The smallest absolute Gasteiger partial charge is 0.291 e. The molecular formula is C24H29N3O2. The van der Waals surface area contributed by atoms with Crippen LogP contribution in [0.5, 0.6) is 0 Å². The molecule has 1 aromatic heterocycles. The highest BCUT2D eigenvalue weighted by Crippen LogP contribution is 2.41. The average Bonchev–Trinajstić information content (AvgIpc) is 3.24. The van der Waals surface area contributed by atoms with Gasteiger partial charge in [-0.2, -0.15) is 0 Å². The van der Waals surface area contributed by atoms with Gasteiger partial charge in [0.2, 0.25) is 0 Å². The molecule has 1 fully saturated rings. The first-order chi connectivity index (χ1) is 13.9. The number of ketones is 1. The molecule has 0 unspecified atom stereocenters. The van der Waals surface area contributed by atoms with Gasteiger partial charge in [-0.05, 0) is 66.7 Å². The van der Waals surface area contributed by atoms with Gasteiger partial charge in [-0.3, -0.25) is 9.59 Å². The molecule has 1 amide bonds. The summed E-state index contributed by atoms with van der Waals surface area (Å²) in [6, 6.07) is 6.36. The van der Waals surface area contributed by atoms with E-state index < -0.39 is 0 Å². The Morgan fingerprint density at radius 1 is 1.21 bits per heavy atom. The van der Waals surface area contributed by atoms with Crippen molar-refractivity contribution < 1.29 is 9.59 Å². The van der Waals surface area contributed by atoms with E-state index in [0.717, 1.165) is 43.4 Å². The van der Waals surface area contributed by atoms with E-state index in [0.29, 0.717) is 35.8 Å². The fourth-order valence-electron chi connectivity index (χ4n) is 4.36. The molecule has 2 aliphatic carbocycles. The molecule has 0 aliphatic heterocycles. The standard InChI is InChI=1S/C24H29N3O2/c1-24(2)11-9-17(10-12-24)20-15-18(16-3-6-19(28)7-4-16)5-8-21(20)27-23(29)22-25-13-14-26-22/h5,8-9,13-16H,3-4,6-7,10-12H2,1-2H3,(H,25,26)(H,27,29). The lowest BCUT2D eigenvalue weighted by molar-refractivity contribution is -0.120. The largest absolute Gasteiger partial charge is 0.341 e. The highest BCUT2D eigenvalue weighted by molar-refractivity contribution is 6.03. The molecule has 5 nitrogen and oxygen atoms in total. The van der Waals surface area contributed by atoms with Crippen molar-refractivity contribution in [3.8, 4) is 0 Å². The zero-order chi connectivity index (χ0) is 20.4. The molecule has 1 heterocycles. The lowest BCUT2D eigenvalue weighted by Crippen LogP contribution is -2.18. The predicted octanol–water partition coefficient (Wildman–Crippen LogP) is 5.48. The predicted molar refractivity (Wildman–Crippen MR) is 115 cm³/mol. The highest BCUT2D eigenvalue weighted by Gasteiger charge is 2.25. The molecule has 2 aromatic rings. The molecule has 0 bridgehead atoms. The second kappa shape index (κ2) is 7.97. The molecule has 2 N–H and O–H groups in total. The van der Waals surface area contributed by atoms with E-state index in [2.05, 4.69) is 47.3 Å². The molecule has 0 spiro atoms. The molecule has 0 saturated heterocycles. The summed E-state index contributed by atoms with van der Waals surface area (Å²) in [5.74, 6) is 0.872. The van der Waals surface area contributed by atoms with Crippen molar-refractivity contribution in [3.05, 3.63) is 53.6 Å². The number of allylic oxidation sites excluding steroid dienone is 2. The van der Waals surface area contributed by atoms with Gasteiger partial charge < -0.3 is 10.3 Å². The number of imidazole rings is 1. The van der Waals surface area contributed by atoms with Crippen LogP contribution in [0.15, 0.2) is 36.7 Å². The number of Topliss-reactive ketones (excluding diaryl/α,β-unsaturated/α-hetero) is 1. The van der Waals surface area contributed by atoms with Crippen LogP contribution in [0.25, 0.3) is 5.57 Å². The number of aromatic nitrogens is 2. The van der Waals surface area contributed by atoms with E-state index in [1.54, 1.807) is 12.4 Å². The summed E-state index contributed by atoms with van der Waals surface area (Å²) in [6.07, 6.45) is 11.9. The normalized spacial score (nSPS) is 19.7. The van der Waals surface area contributed by atoms with Crippen LogP contribution >= 0.6 is 0 Å². The first-order valence-electron chi connectivity index (χ1n) is 10.6. The second-order valence-corrected chi connectivity index (χ2v) is 9.11. The fraction of sp³-hybridized carbons (Fsp3) is 0.458. The Bertz CT molecular complexity index is 931. The Kier molecular flexibility index (Phi) is 5.39. The van der Waals surface area contributed by atoms with Gasteiger partial charge in [0.05, 0.1) is 0 Å². The fourth-order valence-corrected chi connectivity index (χ4v) is 4.36. The number of benzene rings is 1. The summed E-state index contributed by atoms with van der Waals surface area (Å²) >= 11 is 0. The Labute approximate surface area is 172 Å². The average molecular weight is 392 g/mol. The number of nitrogens with zero attached hydrogens (tertiary/aromatic N) is 1. The van der Waals surface area contributed by atoms with E-state index in [-0.39, 0.29) is 5.91 Å². The van der Waals surface area contributed by atoms with Crippen LogP contribution < -0.4 is 5.32 Å². The number of carbonyl (C=O) groups excluding carboxylic acids is 2. The van der Waals surface area contributed by atoms with Crippen molar-refractivity contribution in [3.63, 3.8) is 0 Å². The van der Waals surface area contributed by atoms with Crippen LogP contribution in [0.1, 0.15) is 86.5 Å². The molecule has 1 saturated carbocycles. The maximum atomic E-state index is 12.6. The van der Waals surface area contributed by atoms with Gasteiger partial charge in [-0.25, -0.2) is 4.98 Å². The summed E-state index contributed by atoms with van der Waals surface area (Å²) < 4.78 is 0. The number of hydrogen-bond donors (Lipinski definition) is 2. The molecule has 29 heavy (non-hydrogen) atoms. The number of amides is 1. The third-order valence-corrected chi connectivity index (χ3v) is 6.34. The van der Waals surface area contributed by atoms with E-state index in [1.807, 2.05) is 6.07 Å². The maximum Gasteiger partial charge on any atom is 0.291 e. The van der Waals surface area contributed by atoms with Gasteiger partial charge in [0, 0.05) is 36.5 Å². The Morgan fingerprint density at radius 3 is 2.66 bits per heavy atom. The Morgan fingerprint density at radius 2 is 2.00 bits per heavy atom. The minimum Gasteiger partial charge on any atom is -0.341 e. The number of aromatic amines is 1. The van der Waals surface area contributed by atoms with Crippen LogP contribution in [0.3, 0.4) is 0 Å². The Hall–Kier alpha value is -2.69. The van der Waals surface area contributed by atoms with Gasteiger partial charge in [-0.1, -0.05) is 26.0 Å². The first-order valence-corrected chi connectivity index (χ1v) is 10.6. The van der Waals surface area contributed by atoms with E-state index in [4.69, 9.17) is 0 Å². The molecule has 1 aromatic carbocycles. The van der Waals surface area contributed by atoms with Crippen molar-refractivity contribution in [1.82, 2.24) is 9.97 Å². The minimum atomic E-state index is -0.232. The van der Waals surface area contributed by atoms with Gasteiger partial charge in [0.1, 0.15) is 5.78 Å². The number of rotatable bonds is 4. The van der Waals surface area contributed by atoms with E-state index >= 15 is 0 Å². The topological polar surface area (TPSA) is 74.8 Å². The third-order valence-electron chi connectivity index (χ3n) is 6.34. The van der Waals surface area contributed by atoms with Gasteiger partial charge in [-0.15, -0.1) is 0 Å². The number of H-pyrrole nitrogens is 1. The molecule has 0 radical (unpaired) electrons. The highest BCUT2D eigenvalue weighted by atomic mass is 16.2. The third kappa shape index (κ3) is 4.50. The quantitative estimate of drug-likeness (QED) is 0.724. The zero-order valence-electron chi connectivity index (χ0n) is 17.3.